The summed E-state index contributed by atoms with van der Waals surface area (Å²) in [6.45, 7) is 0. The topological polar surface area (TPSA) is 132 Å². The van der Waals surface area contributed by atoms with Crippen LogP contribution in [0, 0.1) is 0 Å². The van der Waals surface area contributed by atoms with Crippen molar-refractivity contribution in [2.45, 2.75) is 30.5 Å². The van der Waals surface area contributed by atoms with Crippen LogP contribution in [-0.2, 0) is 26.3 Å². The lowest BCUT2D eigenvalue weighted by Gasteiger charge is -2.37. The van der Waals surface area contributed by atoms with Crippen LogP contribution < -0.4 is 21.3 Å². The predicted molar refractivity (Wildman–Crippen MR) is 198 cm³/mol. The fraction of sp³-hybridized carbons (Fsp3) is 0.143. The fourth-order valence-electron chi connectivity index (χ4n) is 6.44. The zero-order chi connectivity index (χ0) is 35.6. The number of amides is 4. The molecule has 6 aromatic rings. The first kappa shape index (κ1) is 34.4. The summed E-state index contributed by atoms with van der Waals surface area (Å²) < 4.78 is 0. The highest BCUT2D eigenvalue weighted by Gasteiger charge is 2.39. The Kier molecular flexibility index (Phi) is 10.7. The standard InChI is InChI=1S/C42H39N5O4/c1-43-40(50)37(27-38(48)47-42(31-18-8-3-9-19-31,32-20-10-4-11-21-32)33-22-12-5-13-23-33)46-41(51)36(45-39(49)29-16-6-2-7-17-29)26-30-28-44-35-25-15-14-24-34(30)35/h2-25,28,36-37,44H,26-27H2,1H3,(H,43,50)(H,45,49)(H,46,51)(H,47,48)/t36-,37-/m0/s1. The van der Waals surface area contributed by atoms with Gasteiger partial charge in [-0.25, -0.2) is 0 Å². The van der Waals surface area contributed by atoms with Crippen LogP contribution in [0.15, 0.2) is 152 Å². The third-order valence-corrected chi connectivity index (χ3v) is 8.97. The number of carbonyl (C=O) groups excluding carboxylic acids is 4. The van der Waals surface area contributed by atoms with Crippen LogP contribution in [0.5, 0.6) is 0 Å². The molecule has 256 valence electrons. The molecule has 0 unspecified atom stereocenters. The molecule has 1 heterocycles. The van der Waals surface area contributed by atoms with E-state index in [0.29, 0.717) is 5.56 Å². The quantitative estimate of drug-likeness (QED) is 0.107. The highest BCUT2D eigenvalue weighted by atomic mass is 16.2. The number of carbonyl (C=O) groups is 4. The number of fused-ring (bicyclic) bond motifs is 1. The number of likely N-dealkylation sites (N-methyl/N-ethyl adjacent to an activating group) is 1. The van der Waals surface area contributed by atoms with Gasteiger partial charge in [-0.2, -0.15) is 0 Å². The summed E-state index contributed by atoms with van der Waals surface area (Å²) in [6.07, 6.45) is 1.58. The Bertz CT molecular complexity index is 2000. The average Bonchev–Trinajstić information content (AvgIpc) is 3.60. The Morgan fingerprint density at radius 1 is 0.608 bits per heavy atom. The Morgan fingerprint density at radius 3 is 1.67 bits per heavy atom. The molecule has 0 saturated heterocycles. The fourth-order valence-corrected chi connectivity index (χ4v) is 6.44. The van der Waals surface area contributed by atoms with Gasteiger partial charge >= 0.3 is 0 Å². The van der Waals surface area contributed by atoms with E-state index in [9.17, 15) is 19.2 Å². The summed E-state index contributed by atoms with van der Waals surface area (Å²) in [4.78, 5) is 58.2. The lowest BCUT2D eigenvalue weighted by atomic mass is 9.77. The van der Waals surface area contributed by atoms with Crippen molar-refractivity contribution < 1.29 is 19.2 Å². The molecular formula is C42H39N5O4. The maximum atomic E-state index is 14.2. The van der Waals surface area contributed by atoms with Gasteiger partial charge in [-0.15, -0.1) is 0 Å². The van der Waals surface area contributed by atoms with E-state index in [1.165, 1.54) is 7.05 Å². The van der Waals surface area contributed by atoms with E-state index in [4.69, 9.17) is 0 Å². The maximum absolute atomic E-state index is 14.2. The first-order chi connectivity index (χ1) is 24.9. The van der Waals surface area contributed by atoms with Gasteiger partial charge in [0, 0.05) is 36.1 Å². The molecule has 2 atom stereocenters. The normalized spacial score (nSPS) is 12.3. The number of rotatable bonds is 13. The van der Waals surface area contributed by atoms with Crippen molar-refractivity contribution in [2.24, 2.45) is 0 Å². The van der Waals surface area contributed by atoms with Gasteiger partial charge in [0.05, 0.1) is 6.42 Å². The van der Waals surface area contributed by atoms with Crippen molar-refractivity contribution in [1.82, 2.24) is 26.3 Å². The second-order valence-electron chi connectivity index (χ2n) is 12.2. The molecule has 1 aromatic heterocycles. The van der Waals surface area contributed by atoms with Crippen molar-refractivity contribution in [3.63, 3.8) is 0 Å². The van der Waals surface area contributed by atoms with Crippen LogP contribution in [0.25, 0.3) is 10.9 Å². The molecule has 5 N–H and O–H groups in total. The summed E-state index contributed by atoms with van der Waals surface area (Å²) in [5.41, 5.74) is 3.43. The minimum absolute atomic E-state index is 0.139. The molecule has 0 radical (unpaired) electrons. The summed E-state index contributed by atoms with van der Waals surface area (Å²) in [7, 11) is 1.45. The number of aromatic nitrogens is 1. The molecular weight excluding hydrogens is 638 g/mol. The van der Waals surface area contributed by atoms with Gasteiger partial charge < -0.3 is 26.3 Å². The minimum Gasteiger partial charge on any atom is -0.361 e. The lowest BCUT2D eigenvalue weighted by Crippen LogP contribution is -2.56. The maximum Gasteiger partial charge on any atom is 0.251 e. The molecule has 0 aliphatic rings. The number of aromatic amines is 1. The third kappa shape index (κ3) is 7.73. The monoisotopic (exact) mass is 677 g/mol. The van der Waals surface area contributed by atoms with Crippen LogP contribution in [0.2, 0.25) is 0 Å². The smallest absolute Gasteiger partial charge is 0.251 e. The van der Waals surface area contributed by atoms with E-state index in [0.717, 1.165) is 33.2 Å². The summed E-state index contributed by atoms with van der Waals surface area (Å²) in [6, 6.07) is 42.8. The Hall–Kier alpha value is -6.48. The predicted octanol–water partition coefficient (Wildman–Crippen LogP) is 5.24. The Balaban J connectivity index is 1.30. The van der Waals surface area contributed by atoms with Gasteiger partial charge in [-0.05, 0) is 40.5 Å². The molecule has 5 aromatic carbocycles. The van der Waals surface area contributed by atoms with Crippen LogP contribution >= 0.6 is 0 Å². The number of nitrogens with one attached hydrogen (secondary N) is 5. The molecule has 0 aliphatic carbocycles. The lowest BCUT2D eigenvalue weighted by molar-refractivity contribution is -0.132. The van der Waals surface area contributed by atoms with Crippen molar-refractivity contribution in [3.05, 3.63) is 180 Å². The van der Waals surface area contributed by atoms with Gasteiger partial charge in [0.25, 0.3) is 5.91 Å². The largest absolute Gasteiger partial charge is 0.361 e. The van der Waals surface area contributed by atoms with Gasteiger partial charge in [0.15, 0.2) is 0 Å². The second kappa shape index (κ2) is 15.8. The molecule has 4 amide bonds. The summed E-state index contributed by atoms with van der Waals surface area (Å²) in [5.74, 6) is -2.07. The zero-order valence-electron chi connectivity index (χ0n) is 28.1. The van der Waals surface area contributed by atoms with Gasteiger partial charge in [0.1, 0.15) is 17.6 Å². The van der Waals surface area contributed by atoms with Gasteiger partial charge in [-0.1, -0.05) is 127 Å². The number of benzene rings is 5. The molecule has 9 nitrogen and oxygen atoms in total. The third-order valence-electron chi connectivity index (χ3n) is 8.97. The van der Waals surface area contributed by atoms with Gasteiger partial charge in [-0.3, -0.25) is 19.2 Å². The highest BCUT2D eigenvalue weighted by molar-refractivity contribution is 5.99. The number of para-hydroxylation sites is 1. The zero-order valence-corrected chi connectivity index (χ0v) is 28.1. The van der Waals surface area contributed by atoms with Crippen LogP contribution in [-0.4, -0.2) is 47.7 Å². The minimum atomic E-state index is -1.25. The van der Waals surface area contributed by atoms with E-state index < -0.39 is 41.3 Å². The van der Waals surface area contributed by atoms with Gasteiger partial charge in [0.2, 0.25) is 17.7 Å². The molecule has 51 heavy (non-hydrogen) atoms. The molecule has 0 fully saturated rings. The van der Waals surface area contributed by atoms with Crippen molar-refractivity contribution in [2.75, 3.05) is 7.05 Å². The second-order valence-corrected chi connectivity index (χ2v) is 12.2. The molecule has 9 heteroatoms. The Labute approximate surface area is 296 Å². The summed E-state index contributed by atoms with van der Waals surface area (Å²) in [5, 5.41) is 12.4. The summed E-state index contributed by atoms with van der Waals surface area (Å²) >= 11 is 0. The first-order valence-electron chi connectivity index (χ1n) is 16.8. The number of H-pyrrole nitrogens is 1. The number of hydrogen-bond acceptors (Lipinski definition) is 4. The van der Waals surface area contributed by atoms with Crippen molar-refractivity contribution >= 4 is 34.5 Å². The van der Waals surface area contributed by atoms with E-state index in [1.54, 1.807) is 36.5 Å². The van der Waals surface area contributed by atoms with Crippen LogP contribution in [0.1, 0.15) is 39.0 Å². The van der Waals surface area contributed by atoms with E-state index in [1.807, 2.05) is 115 Å². The Morgan fingerprint density at radius 2 is 1.12 bits per heavy atom. The molecule has 0 aliphatic heterocycles. The highest BCUT2D eigenvalue weighted by Crippen LogP contribution is 2.37. The van der Waals surface area contributed by atoms with E-state index in [2.05, 4.69) is 26.3 Å². The number of hydrogen-bond donors (Lipinski definition) is 5. The molecule has 6 rings (SSSR count). The van der Waals surface area contributed by atoms with Crippen LogP contribution in [0.3, 0.4) is 0 Å². The van der Waals surface area contributed by atoms with Crippen molar-refractivity contribution in [3.8, 4) is 0 Å². The first-order valence-corrected chi connectivity index (χ1v) is 16.8. The van der Waals surface area contributed by atoms with E-state index >= 15 is 0 Å². The SMILES string of the molecule is CNC(=O)[C@H](CC(=O)NC(c1ccccc1)(c1ccccc1)c1ccccc1)NC(=O)[C@H](Cc1c[nH]c2ccccc12)NC(=O)c1ccccc1. The van der Waals surface area contributed by atoms with Crippen molar-refractivity contribution in [1.29, 1.82) is 0 Å². The average molecular weight is 678 g/mol. The molecule has 0 saturated carbocycles. The van der Waals surface area contributed by atoms with Crippen LogP contribution in [0.4, 0.5) is 0 Å². The molecule has 0 spiro atoms. The van der Waals surface area contributed by atoms with E-state index in [-0.39, 0.29) is 12.8 Å². The molecule has 0 bridgehead atoms.